The summed E-state index contributed by atoms with van der Waals surface area (Å²) in [5, 5.41) is 34.1. The Bertz CT molecular complexity index is 1490. The minimum atomic E-state index is -1.31. The molecule has 2 aliphatic heterocycles. The molecule has 12 heteroatoms. The summed E-state index contributed by atoms with van der Waals surface area (Å²) in [5.41, 5.74) is 2.86. The van der Waals surface area contributed by atoms with Crippen LogP contribution in [0.15, 0.2) is 47.7 Å². The number of carbonyl (C=O) groups is 1. The van der Waals surface area contributed by atoms with Gasteiger partial charge in [-0.05, 0) is 80.6 Å². The van der Waals surface area contributed by atoms with Gasteiger partial charge in [0.05, 0.1) is 38.1 Å². The van der Waals surface area contributed by atoms with Crippen molar-refractivity contribution < 1.29 is 43.9 Å². The minimum Gasteiger partial charge on any atom is -0.492 e. The second-order valence-corrected chi connectivity index (χ2v) is 16.5. The topological polar surface area (TPSA) is 143 Å². The Morgan fingerprint density at radius 1 is 1.04 bits per heavy atom. The Balaban J connectivity index is 1.50. The molecule has 0 unspecified atom stereocenters. The van der Waals surface area contributed by atoms with Crippen molar-refractivity contribution in [3.8, 4) is 11.5 Å². The van der Waals surface area contributed by atoms with E-state index in [2.05, 4.69) is 23.6 Å². The third-order valence-corrected chi connectivity index (χ3v) is 12.8. The number of unbranched alkanes of at least 4 members (excludes halogenated alkanes) is 2. The third-order valence-electron chi connectivity index (χ3n) is 12.8. The molecule has 0 bridgehead atoms. The average molecular weight is 796 g/mol. The molecule has 3 N–H and O–H groups in total. The number of oxime groups is 1. The number of ether oxygens (including phenoxy) is 4. The summed E-state index contributed by atoms with van der Waals surface area (Å²) in [6.45, 7) is 11.2. The van der Waals surface area contributed by atoms with Gasteiger partial charge in [-0.2, -0.15) is 0 Å². The fraction of sp³-hybridized carbons (Fsp3) is 0.733. The molecule has 1 aromatic rings. The van der Waals surface area contributed by atoms with E-state index in [1.807, 2.05) is 24.0 Å². The Kier molecular flexibility index (Phi) is 16.7. The second-order valence-electron chi connectivity index (χ2n) is 16.5. The first-order valence-corrected chi connectivity index (χ1v) is 22.0. The van der Waals surface area contributed by atoms with Crippen molar-refractivity contribution in [3.63, 3.8) is 0 Å². The molecule has 6 rings (SSSR count). The number of nitrogens with zero attached hydrogens (tertiary/aromatic N) is 3. The summed E-state index contributed by atoms with van der Waals surface area (Å²) in [7, 11) is 0. The van der Waals surface area contributed by atoms with Gasteiger partial charge in [-0.3, -0.25) is 9.69 Å². The number of hydrogen-bond acceptors (Lipinski definition) is 11. The maximum atomic E-state index is 14.7. The molecule has 1 saturated heterocycles. The summed E-state index contributed by atoms with van der Waals surface area (Å²) < 4.78 is 26.7. The monoisotopic (exact) mass is 796 g/mol. The molecule has 3 aliphatic carbocycles. The number of allylic oxidation sites excluding steroid dienone is 1. The maximum absolute atomic E-state index is 14.7. The summed E-state index contributed by atoms with van der Waals surface area (Å²) >= 11 is 0. The van der Waals surface area contributed by atoms with Crippen molar-refractivity contribution in [1.29, 1.82) is 0 Å². The van der Waals surface area contributed by atoms with Crippen LogP contribution in [0.2, 0.25) is 0 Å². The Hall–Kier alpha value is -3.00. The van der Waals surface area contributed by atoms with Crippen LogP contribution in [0.25, 0.3) is 0 Å². The molecule has 0 spiro atoms. The van der Waals surface area contributed by atoms with E-state index >= 15 is 0 Å². The molecular weight excluding hydrogens is 727 g/mol. The first-order valence-electron chi connectivity index (χ1n) is 22.0. The van der Waals surface area contributed by atoms with Crippen LogP contribution in [-0.4, -0.2) is 128 Å². The fourth-order valence-electron chi connectivity index (χ4n) is 10.0. The first kappa shape index (κ1) is 43.6. The van der Waals surface area contributed by atoms with E-state index in [-0.39, 0.29) is 69.2 Å². The summed E-state index contributed by atoms with van der Waals surface area (Å²) in [5.74, 6) is 0.587. The van der Waals surface area contributed by atoms with Crippen molar-refractivity contribution >= 4 is 11.6 Å². The molecule has 0 aromatic heterocycles. The van der Waals surface area contributed by atoms with E-state index in [0.29, 0.717) is 50.7 Å². The molecule has 318 valence electrons. The molecule has 2 heterocycles. The van der Waals surface area contributed by atoms with Crippen LogP contribution in [0, 0.1) is 23.7 Å². The molecular formula is C45H69N3O9. The highest BCUT2D eigenvalue weighted by Gasteiger charge is 2.65. The van der Waals surface area contributed by atoms with Gasteiger partial charge in [0, 0.05) is 63.7 Å². The third kappa shape index (κ3) is 10.8. The normalized spacial score (nSPS) is 27.3. The summed E-state index contributed by atoms with van der Waals surface area (Å²) in [6, 6.07) is 5.56. The summed E-state index contributed by atoms with van der Waals surface area (Å²) in [4.78, 5) is 24.9. The van der Waals surface area contributed by atoms with Crippen molar-refractivity contribution in [2.24, 2.45) is 28.8 Å². The van der Waals surface area contributed by atoms with Crippen LogP contribution in [0.4, 0.5) is 0 Å². The lowest BCUT2D eigenvalue weighted by molar-refractivity contribution is -0.258. The fourth-order valence-corrected chi connectivity index (χ4v) is 10.0. The van der Waals surface area contributed by atoms with Crippen molar-refractivity contribution in [2.45, 2.75) is 108 Å². The summed E-state index contributed by atoms with van der Waals surface area (Å²) in [6.07, 6.45) is 15.4. The minimum absolute atomic E-state index is 0.0301. The van der Waals surface area contributed by atoms with Crippen LogP contribution < -0.4 is 9.47 Å². The highest BCUT2D eigenvalue weighted by molar-refractivity contribution is 6.03. The molecule has 1 aromatic carbocycles. The molecule has 1 amide bonds. The van der Waals surface area contributed by atoms with E-state index in [9.17, 15) is 20.1 Å². The lowest BCUT2D eigenvalue weighted by Gasteiger charge is -2.60. The molecule has 2 saturated carbocycles. The number of rotatable bonds is 26. The molecule has 0 radical (unpaired) electrons. The van der Waals surface area contributed by atoms with Gasteiger partial charge in [0.15, 0.2) is 0 Å². The van der Waals surface area contributed by atoms with E-state index in [4.69, 9.17) is 28.9 Å². The number of fused-ring (bicyclic) bond motifs is 2. The number of hydrogen-bond donors (Lipinski definition) is 3. The Labute approximate surface area is 340 Å². The maximum Gasteiger partial charge on any atom is 0.239 e. The number of aliphatic hydroxyl groups is 3. The Morgan fingerprint density at radius 3 is 2.54 bits per heavy atom. The lowest BCUT2D eigenvalue weighted by Crippen LogP contribution is -2.70. The van der Waals surface area contributed by atoms with Crippen LogP contribution >= 0.6 is 0 Å². The van der Waals surface area contributed by atoms with Crippen molar-refractivity contribution in [2.75, 3.05) is 79.0 Å². The zero-order chi connectivity index (χ0) is 40.0. The van der Waals surface area contributed by atoms with Crippen molar-refractivity contribution in [1.82, 2.24) is 9.80 Å². The van der Waals surface area contributed by atoms with Gasteiger partial charge in [0.1, 0.15) is 30.8 Å². The zero-order valence-corrected chi connectivity index (χ0v) is 34.4. The van der Waals surface area contributed by atoms with Crippen LogP contribution in [0.3, 0.4) is 0 Å². The molecule has 5 aliphatic rings. The van der Waals surface area contributed by atoms with Crippen LogP contribution in [0.5, 0.6) is 11.5 Å². The quantitative estimate of drug-likeness (QED) is 0.0453. The molecule has 12 nitrogen and oxygen atoms in total. The van der Waals surface area contributed by atoms with Gasteiger partial charge < -0.3 is 44.0 Å². The second kappa shape index (κ2) is 21.8. The zero-order valence-electron chi connectivity index (χ0n) is 34.4. The number of carbonyl (C=O) groups excluding carboxylic acids is 1. The number of amides is 1. The standard InChI is InChI=1S/C45H69N3O9/c1-3-26-55-45-41(48(22-27-53-29-25-51)42(52)18-15-33-11-5-6-12-33)32-39(46-56-4-2)37-30-34(13-7-9-23-49)36(14-8-10-24-50)43(44(37)45)38-31-35(16-17-40(38)57-45)54-28-21-47-19-20-47/h3,16-17,30-31,33-34,36,41,43-44,49-51H,1,4-15,18-29,32H2,2H3/t34-,36+,41-,43+,44+,45+/m0/s1. The SMILES string of the molecule is C=CCO[C@@]12Oc3ccc(OCCN4CC4)cc3[C@H]3[C@H](CCCCO)[C@@H](CCCCO)C=C(C(=NOCC)C[C@@H]1N(CCOCCO)C(=O)CCC1CCCC1)[C@H]32. The van der Waals surface area contributed by atoms with Crippen LogP contribution in [0.1, 0.15) is 102 Å². The van der Waals surface area contributed by atoms with E-state index in [1.165, 1.54) is 12.8 Å². The highest BCUT2D eigenvalue weighted by Crippen LogP contribution is 2.62. The smallest absolute Gasteiger partial charge is 0.239 e. The first-order chi connectivity index (χ1) is 28.0. The van der Waals surface area contributed by atoms with E-state index < -0.39 is 11.8 Å². The van der Waals surface area contributed by atoms with E-state index in [1.54, 1.807) is 6.08 Å². The predicted octanol–water partition coefficient (Wildman–Crippen LogP) is 5.84. The van der Waals surface area contributed by atoms with Gasteiger partial charge in [-0.1, -0.05) is 55.8 Å². The number of benzene rings is 1. The van der Waals surface area contributed by atoms with Gasteiger partial charge in [0.25, 0.3) is 0 Å². The van der Waals surface area contributed by atoms with Crippen molar-refractivity contribution in [3.05, 3.63) is 48.1 Å². The average Bonchev–Trinajstić information content (AvgIpc) is 3.90. The van der Waals surface area contributed by atoms with Gasteiger partial charge in [-0.15, -0.1) is 6.58 Å². The van der Waals surface area contributed by atoms with Gasteiger partial charge >= 0.3 is 0 Å². The molecule has 6 atom stereocenters. The van der Waals surface area contributed by atoms with Gasteiger partial charge in [-0.25, -0.2) is 0 Å². The largest absolute Gasteiger partial charge is 0.492 e. The van der Waals surface area contributed by atoms with E-state index in [0.717, 1.165) is 93.6 Å². The molecule has 57 heavy (non-hydrogen) atoms. The predicted molar refractivity (Wildman–Crippen MR) is 219 cm³/mol. The highest BCUT2D eigenvalue weighted by atomic mass is 16.7. The molecule has 3 fully saturated rings. The van der Waals surface area contributed by atoms with Gasteiger partial charge in [0.2, 0.25) is 11.7 Å². The lowest BCUT2D eigenvalue weighted by atomic mass is 9.55. The Morgan fingerprint density at radius 2 is 1.82 bits per heavy atom. The van der Waals surface area contributed by atoms with Crippen LogP contribution in [-0.2, 0) is 19.1 Å². The number of aliphatic hydroxyl groups excluding tert-OH is 3.